The lowest BCUT2D eigenvalue weighted by molar-refractivity contribution is -0.117. The molecule has 3 heteroatoms. The van der Waals surface area contributed by atoms with Gasteiger partial charge in [0.25, 0.3) is 0 Å². The lowest BCUT2D eigenvalue weighted by atomic mass is 9.80. The van der Waals surface area contributed by atoms with Crippen LogP contribution < -0.4 is 9.47 Å². The third kappa shape index (κ3) is 2.98. The van der Waals surface area contributed by atoms with Crippen molar-refractivity contribution in [3.8, 4) is 11.5 Å². The molecule has 1 aliphatic carbocycles. The van der Waals surface area contributed by atoms with Crippen LogP contribution in [0.1, 0.15) is 30.5 Å². The molecule has 0 saturated carbocycles. The molecule has 1 unspecified atom stereocenters. The average molecular weight is 334 g/mol. The van der Waals surface area contributed by atoms with Crippen molar-refractivity contribution in [1.82, 2.24) is 0 Å². The van der Waals surface area contributed by atoms with Gasteiger partial charge >= 0.3 is 0 Å². The number of allylic oxidation sites excluding steroid dienone is 3. The number of fused-ring (bicyclic) bond motifs is 1. The molecule has 0 saturated heterocycles. The first-order chi connectivity index (χ1) is 12.0. The molecule has 0 radical (unpaired) electrons. The number of ketones is 1. The van der Waals surface area contributed by atoms with Crippen molar-refractivity contribution < 1.29 is 14.3 Å². The van der Waals surface area contributed by atoms with Crippen molar-refractivity contribution in [2.24, 2.45) is 0 Å². The van der Waals surface area contributed by atoms with Gasteiger partial charge < -0.3 is 9.47 Å². The number of hydrogen-bond acceptors (Lipinski definition) is 3. The summed E-state index contributed by atoms with van der Waals surface area (Å²) in [6.45, 7) is 4.02. The van der Waals surface area contributed by atoms with Crippen molar-refractivity contribution >= 4 is 17.4 Å². The fraction of sp³-hybridized carbons (Fsp3) is 0.227. The van der Waals surface area contributed by atoms with E-state index >= 15 is 0 Å². The van der Waals surface area contributed by atoms with E-state index in [1.807, 2.05) is 44.2 Å². The van der Waals surface area contributed by atoms with Crippen LogP contribution in [0.3, 0.4) is 0 Å². The highest BCUT2D eigenvalue weighted by Crippen LogP contribution is 2.41. The summed E-state index contributed by atoms with van der Waals surface area (Å²) in [4.78, 5) is 13.0. The zero-order valence-electron chi connectivity index (χ0n) is 15.0. The zero-order chi connectivity index (χ0) is 18.0. The number of carbonyl (C=O) groups excluding carboxylic acids is 1. The Balaban J connectivity index is 1.92. The highest BCUT2D eigenvalue weighted by atomic mass is 16.5. The summed E-state index contributed by atoms with van der Waals surface area (Å²) in [6, 6.07) is 13.6. The predicted octanol–water partition coefficient (Wildman–Crippen LogP) is 4.66. The number of benzene rings is 2. The SMILES string of the molecule is COc1ccc(/C=C/C(=O)C2(C)C=C(C)c3ccccc32)c(OC)c1. The maximum atomic E-state index is 13.0. The quantitative estimate of drug-likeness (QED) is 0.746. The highest BCUT2D eigenvalue weighted by molar-refractivity contribution is 6.06. The molecule has 0 spiro atoms. The van der Waals surface area contributed by atoms with Crippen LogP contribution in [-0.2, 0) is 10.2 Å². The van der Waals surface area contributed by atoms with Crippen molar-refractivity contribution in [1.29, 1.82) is 0 Å². The van der Waals surface area contributed by atoms with Crippen LogP contribution in [0.15, 0.2) is 54.6 Å². The lowest BCUT2D eigenvalue weighted by Gasteiger charge is -2.20. The second-order valence-electron chi connectivity index (χ2n) is 6.38. The minimum atomic E-state index is -0.628. The Bertz CT molecular complexity index is 877. The molecular formula is C22H22O3. The van der Waals surface area contributed by atoms with Crippen molar-refractivity contribution in [3.63, 3.8) is 0 Å². The molecular weight excluding hydrogens is 312 g/mol. The average Bonchev–Trinajstić information content (AvgIpc) is 2.91. The van der Waals surface area contributed by atoms with E-state index in [4.69, 9.17) is 9.47 Å². The van der Waals surface area contributed by atoms with Crippen LogP contribution in [0.4, 0.5) is 0 Å². The number of carbonyl (C=O) groups is 1. The summed E-state index contributed by atoms with van der Waals surface area (Å²) in [5, 5.41) is 0. The van der Waals surface area contributed by atoms with Crippen molar-refractivity contribution in [2.45, 2.75) is 19.3 Å². The Kier molecular flexibility index (Phi) is 4.49. The van der Waals surface area contributed by atoms with Crippen LogP contribution in [0.5, 0.6) is 11.5 Å². The van der Waals surface area contributed by atoms with Crippen LogP contribution in [0.2, 0.25) is 0 Å². The summed E-state index contributed by atoms with van der Waals surface area (Å²) >= 11 is 0. The second-order valence-corrected chi connectivity index (χ2v) is 6.38. The molecule has 1 aliphatic rings. The third-order valence-electron chi connectivity index (χ3n) is 4.78. The van der Waals surface area contributed by atoms with E-state index < -0.39 is 5.41 Å². The molecule has 3 rings (SSSR count). The van der Waals surface area contributed by atoms with Crippen LogP contribution in [0.25, 0.3) is 11.6 Å². The first kappa shape index (κ1) is 17.0. The summed E-state index contributed by atoms with van der Waals surface area (Å²) in [5.41, 5.74) is 3.56. The topological polar surface area (TPSA) is 35.5 Å². The fourth-order valence-electron chi connectivity index (χ4n) is 3.37. The Labute approximate surface area is 148 Å². The van der Waals surface area contributed by atoms with Gasteiger partial charge in [-0.2, -0.15) is 0 Å². The van der Waals surface area contributed by atoms with E-state index in [1.54, 1.807) is 32.4 Å². The van der Waals surface area contributed by atoms with Crippen LogP contribution in [0, 0.1) is 0 Å². The normalized spacial score (nSPS) is 18.8. The minimum Gasteiger partial charge on any atom is -0.497 e. The van der Waals surface area contributed by atoms with Gasteiger partial charge in [0.05, 0.1) is 19.6 Å². The molecule has 0 amide bonds. The maximum Gasteiger partial charge on any atom is 0.169 e. The summed E-state index contributed by atoms with van der Waals surface area (Å²) in [7, 11) is 3.22. The summed E-state index contributed by atoms with van der Waals surface area (Å²) in [6.07, 6.45) is 5.49. The molecule has 0 heterocycles. The Morgan fingerprint density at radius 3 is 2.56 bits per heavy atom. The first-order valence-electron chi connectivity index (χ1n) is 8.23. The largest absolute Gasteiger partial charge is 0.497 e. The predicted molar refractivity (Wildman–Crippen MR) is 101 cm³/mol. The van der Waals surface area contributed by atoms with Gasteiger partial charge in [-0.25, -0.2) is 0 Å². The van der Waals surface area contributed by atoms with Gasteiger partial charge in [0.1, 0.15) is 11.5 Å². The van der Waals surface area contributed by atoms with Crippen LogP contribution >= 0.6 is 0 Å². The van der Waals surface area contributed by atoms with Gasteiger partial charge in [0.15, 0.2) is 5.78 Å². The number of hydrogen-bond donors (Lipinski definition) is 0. The molecule has 2 aromatic rings. The Morgan fingerprint density at radius 2 is 1.84 bits per heavy atom. The fourth-order valence-corrected chi connectivity index (χ4v) is 3.37. The molecule has 25 heavy (non-hydrogen) atoms. The van der Waals surface area contributed by atoms with Gasteiger partial charge in [-0.15, -0.1) is 0 Å². The van der Waals surface area contributed by atoms with Crippen molar-refractivity contribution in [2.75, 3.05) is 14.2 Å². The van der Waals surface area contributed by atoms with Gasteiger partial charge in [-0.3, -0.25) is 4.79 Å². The third-order valence-corrected chi connectivity index (χ3v) is 4.78. The molecule has 1 atom stereocenters. The van der Waals surface area contributed by atoms with Gasteiger partial charge in [0, 0.05) is 11.6 Å². The van der Waals surface area contributed by atoms with Gasteiger partial charge in [0.2, 0.25) is 0 Å². The molecule has 2 aromatic carbocycles. The minimum absolute atomic E-state index is 0.0506. The monoisotopic (exact) mass is 334 g/mol. The van der Waals surface area contributed by atoms with E-state index in [0.717, 1.165) is 28.0 Å². The lowest BCUT2D eigenvalue weighted by Crippen LogP contribution is -2.27. The molecule has 0 N–H and O–H groups in total. The van der Waals surface area contributed by atoms with Crippen molar-refractivity contribution in [3.05, 3.63) is 71.3 Å². The molecule has 0 fully saturated rings. The van der Waals surface area contributed by atoms with E-state index in [0.29, 0.717) is 5.75 Å². The van der Waals surface area contributed by atoms with E-state index in [9.17, 15) is 4.79 Å². The molecule has 0 bridgehead atoms. The Hall–Kier alpha value is -2.81. The molecule has 3 nitrogen and oxygen atoms in total. The number of ether oxygens (including phenoxy) is 2. The summed E-state index contributed by atoms with van der Waals surface area (Å²) in [5.74, 6) is 1.44. The standard InChI is InChI=1S/C22H22O3/c1-15-14-22(2,19-8-6-5-7-18(15)19)21(23)12-10-16-9-11-17(24-3)13-20(16)25-4/h5-14H,1-4H3/b12-10+. The first-order valence-corrected chi connectivity index (χ1v) is 8.23. The van der Waals surface area contributed by atoms with E-state index in [2.05, 4.69) is 12.1 Å². The maximum absolute atomic E-state index is 13.0. The van der Waals surface area contributed by atoms with Gasteiger partial charge in [-0.05, 0) is 54.8 Å². The molecule has 0 aliphatic heterocycles. The molecule has 128 valence electrons. The zero-order valence-corrected chi connectivity index (χ0v) is 15.0. The Morgan fingerprint density at radius 1 is 1.08 bits per heavy atom. The van der Waals surface area contributed by atoms with E-state index in [-0.39, 0.29) is 5.78 Å². The smallest absolute Gasteiger partial charge is 0.169 e. The second kappa shape index (κ2) is 6.60. The van der Waals surface area contributed by atoms with Crippen LogP contribution in [-0.4, -0.2) is 20.0 Å². The summed E-state index contributed by atoms with van der Waals surface area (Å²) < 4.78 is 10.6. The number of rotatable bonds is 5. The number of methoxy groups -OCH3 is 2. The van der Waals surface area contributed by atoms with E-state index in [1.165, 1.54) is 0 Å². The highest BCUT2D eigenvalue weighted by Gasteiger charge is 2.37. The van der Waals surface area contributed by atoms with Gasteiger partial charge in [-0.1, -0.05) is 30.3 Å². The molecule has 0 aromatic heterocycles.